The van der Waals surface area contributed by atoms with Crippen LogP contribution in [0.2, 0.25) is 0 Å². The molecule has 1 aliphatic heterocycles. The number of ether oxygens (including phenoxy) is 2. The Kier molecular flexibility index (Phi) is 6.30. The predicted molar refractivity (Wildman–Crippen MR) is 94.5 cm³/mol. The molecule has 0 aromatic heterocycles. The summed E-state index contributed by atoms with van der Waals surface area (Å²) in [6, 6.07) is 4.49. The van der Waals surface area contributed by atoms with E-state index in [1.54, 1.807) is 19.1 Å². The van der Waals surface area contributed by atoms with Crippen molar-refractivity contribution in [3.63, 3.8) is 0 Å². The van der Waals surface area contributed by atoms with Gasteiger partial charge in [-0.05, 0) is 48.8 Å². The minimum atomic E-state index is -2.94. The Morgan fingerprint density at radius 1 is 1.32 bits per heavy atom. The van der Waals surface area contributed by atoms with Gasteiger partial charge in [-0.3, -0.25) is 9.69 Å². The third-order valence-corrected chi connectivity index (χ3v) is 3.63. The first-order valence-corrected chi connectivity index (χ1v) is 8.28. The normalized spacial score (nSPS) is 16.1. The summed E-state index contributed by atoms with van der Waals surface area (Å²) >= 11 is 5.19. The maximum atomic E-state index is 12.4. The smallest absolute Gasteiger partial charge is 0.387 e. The number of benzene rings is 1. The fourth-order valence-corrected chi connectivity index (χ4v) is 2.61. The van der Waals surface area contributed by atoms with Crippen molar-refractivity contribution in [2.45, 2.75) is 27.4 Å². The molecule has 0 bridgehead atoms. The van der Waals surface area contributed by atoms with Gasteiger partial charge in [-0.1, -0.05) is 19.9 Å². The number of halogens is 2. The quantitative estimate of drug-likeness (QED) is 0.589. The maximum Gasteiger partial charge on any atom is 0.387 e. The number of hydrogen-bond donors (Lipinski definition) is 1. The minimum Gasteiger partial charge on any atom is -0.490 e. The summed E-state index contributed by atoms with van der Waals surface area (Å²) in [6.07, 6.45) is 1.60. The predicted octanol–water partition coefficient (Wildman–Crippen LogP) is 3.40. The molecule has 1 heterocycles. The van der Waals surface area contributed by atoms with Gasteiger partial charge in [-0.15, -0.1) is 0 Å². The topological polar surface area (TPSA) is 50.8 Å². The molecule has 1 saturated heterocycles. The fourth-order valence-electron chi connectivity index (χ4n) is 2.35. The lowest BCUT2D eigenvalue weighted by molar-refractivity contribution is -0.122. The zero-order valence-corrected chi connectivity index (χ0v) is 15.0. The first-order valence-electron chi connectivity index (χ1n) is 7.88. The zero-order valence-electron chi connectivity index (χ0n) is 14.2. The van der Waals surface area contributed by atoms with Crippen LogP contribution in [0, 0.1) is 5.92 Å². The third-order valence-electron chi connectivity index (χ3n) is 3.30. The van der Waals surface area contributed by atoms with Crippen molar-refractivity contribution in [1.82, 2.24) is 10.2 Å². The molecule has 0 spiro atoms. The summed E-state index contributed by atoms with van der Waals surface area (Å²) in [5, 5.41) is 3.24. The Labute approximate surface area is 150 Å². The van der Waals surface area contributed by atoms with Gasteiger partial charge in [0.05, 0.1) is 6.61 Å². The molecular formula is C17H20F2N2O3S. The highest BCUT2D eigenvalue weighted by Crippen LogP contribution is 2.31. The molecule has 0 atom stereocenters. The van der Waals surface area contributed by atoms with Gasteiger partial charge in [0.2, 0.25) is 0 Å². The average molecular weight is 370 g/mol. The Morgan fingerprint density at radius 2 is 2.04 bits per heavy atom. The standard InChI is InChI=1S/C17H20F2N2O3S/c1-4-23-14-8-11(5-6-13(14)24-16(18)19)7-12-15(22)21(9-10(2)3)17(25)20-12/h5-8,10,16H,4,9H2,1-3H3,(H,20,25). The van der Waals surface area contributed by atoms with Crippen molar-refractivity contribution < 1.29 is 23.0 Å². The second-order valence-corrected chi connectivity index (χ2v) is 6.20. The number of nitrogens with one attached hydrogen (secondary N) is 1. The van der Waals surface area contributed by atoms with Gasteiger partial charge < -0.3 is 14.8 Å². The summed E-state index contributed by atoms with van der Waals surface area (Å²) in [6.45, 7) is 3.60. The minimum absolute atomic E-state index is 0.0540. The van der Waals surface area contributed by atoms with E-state index in [1.165, 1.54) is 17.0 Å². The lowest BCUT2D eigenvalue weighted by Gasteiger charge is -2.16. The number of carbonyl (C=O) groups is 1. The van der Waals surface area contributed by atoms with Crippen molar-refractivity contribution in [2.24, 2.45) is 5.92 Å². The van der Waals surface area contributed by atoms with Gasteiger partial charge >= 0.3 is 6.61 Å². The van der Waals surface area contributed by atoms with Gasteiger partial charge in [0.15, 0.2) is 16.6 Å². The molecule has 1 fully saturated rings. The average Bonchev–Trinajstić information content (AvgIpc) is 2.77. The lowest BCUT2D eigenvalue weighted by Crippen LogP contribution is -2.33. The first kappa shape index (κ1) is 19.1. The van der Waals surface area contributed by atoms with Crippen LogP contribution in [0.4, 0.5) is 8.78 Å². The number of nitrogens with zero attached hydrogens (tertiary/aromatic N) is 1. The van der Waals surface area contributed by atoms with Crippen LogP contribution >= 0.6 is 12.2 Å². The lowest BCUT2D eigenvalue weighted by atomic mass is 10.1. The van der Waals surface area contributed by atoms with E-state index in [-0.39, 0.29) is 23.3 Å². The SMILES string of the molecule is CCOc1cc(C=C2NC(=S)N(CC(C)C)C2=O)ccc1OC(F)F. The third kappa shape index (κ3) is 4.88. The van der Waals surface area contributed by atoms with Crippen LogP contribution in [0.25, 0.3) is 6.08 Å². The first-order chi connectivity index (χ1) is 11.8. The number of rotatable bonds is 7. The molecule has 0 aliphatic carbocycles. The van der Waals surface area contributed by atoms with Gasteiger partial charge in [-0.25, -0.2) is 0 Å². The van der Waals surface area contributed by atoms with Crippen LogP contribution in [-0.4, -0.2) is 35.7 Å². The van der Waals surface area contributed by atoms with E-state index in [1.807, 2.05) is 13.8 Å². The van der Waals surface area contributed by atoms with Gasteiger partial charge in [0.1, 0.15) is 5.70 Å². The van der Waals surface area contributed by atoms with E-state index in [2.05, 4.69) is 10.1 Å². The van der Waals surface area contributed by atoms with Crippen LogP contribution in [0.1, 0.15) is 26.3 Å². The molecule has 1 aromatic carbocycles. The van der Waals surface area contributed by atoms with Gasteiger partial charge in [0.25, 0.3) is 5.91 Å². The van der Waals surface area contributed by atoms with Gasteiger partial charge in [-0.2, -0.15) is 8.78 Å². The van der Waals surface area contributed by atoms with Crippen molar-refractivity contribution in [1.29, 1.82) is 0 Å². The number of alkyl halides is 2. The molecular weight excluding hydrogens is 350 g/mol. The van der Waals surface area contributed by atoms with Crippen molar-refractivity contribution >= 4 is 29.3 Å². The van der Waals surface area contributed by atoms with E-state index in [0.717, 1.165) is 0 Å². The summed E-state index contributed by atoms with van der Waals surface area (Å²) in [4.78, 5) is 13.9. The van der Waals surface area contributed by atoms with E-state index in [4.69, 9.17) is 17.0 Å². The molecule has 0 radical (unpaired) electrons. The monoisotopic (exact) mass is 370 g/mol. The zero-order chi connectivity index (χ0) is 18.6. The summed E-state index contributed by atoms with van der Waals surface area (Å²) in [5.41, 5.74) is 0.936. The van der Waals surface area contributed by atoms with Crippen molar-refractivity contribution in [3.05, 3.63) is 29.5 Å². The number of carbonyl (C=O) groups excluding carboxylic acids is 1. The molecule has 1 aliphatic rings. The van der Waals surface area contributed by atoms with E-state index in [9.17, 15) is 13.6 Å². The second kappa shape index (κ2) is 8.24. The molecule has 5 nitrogen and oxygen atoms in total. The van der Waals surface area contributed by atoms with E-state index in [0.29, 0.717) is 29.5 Å². The van der Waals surface area contributed by atoms with Crippen molar-refractivity contribution in [2.75, 3.05) is 13.2 Å². The Bertz CT molecular complexity index is 692. The molecule has 25 heavy (non-hydrogen) atoms. The Morgan fingerprint density at radius 3 is 2.64 bits per heavy atom. The van der Waals surface area contributed by atoms with E-state index >= 15 is 0 Å². The molecule has 8 heteroatoms. The highest BCUT2D eigenvalue weighted by Gasteiger charge is 2.30. The molecule has 0 unspecified atom stereocenters. The van der Waals surface area contributed by atoms with Crippen LogP contribution in [0.3, 0.4) is 0 Å². The second-order valence-electron chi connectivity index (χ2n) is 5.82. The molecule has 136 valence electrons. The molecule has 1 N–H and O–H groups in total. The van der Waals surface area contributed by atoms with Crippen molar-refractivity contribution in [3.8, 4) is 11.5 Å². The fraction of sp³-hybridized carbons (Fsp3) is 0.412. The Hall–Kier alpha value is -2.22. The van der Waals surface area contributed by atoms with Crippen LogP contribution < -0.4 is 14.8 Å². The summed E-state index contributed by atoms with van der Waals surface area (Å²) in [5.74, 6) is 0.189. The van der Waals surface area contributed by atoms with Crippen LogP contribution in [0.15, 0.2) is 23.9 Å². The molecule has 2 rings (SSSR count). The summed E-state index contributed by atoms with van der Waals surface area (Å²) in [7, 11) is 0. The molecule has 1 aromatic rings. The van der Waals surface area contributed by atoms with Crippen LogP contribution in [-0.2, 0) is 4.79 Å². The number of amides is 1. The highest BCUT2D eigenvalue weighted by molar-refractivity contribution is 7.80. The van der Waals surface area contributed by atoms with Gasteiger partial charge in [0, 0.05) is 6.54 Å². The van der Waals surface area contributed by atoms with Crippen LogP contribution in [0.5, 0.6) is 11.5 Å². The largest absolute Gasteiger partial charge is 0.490 e. The van der Waals surface area contributed by atoms with E-state index < -0.39 is 6.61 Å². The maximum absolute atomic E-state index is 12.4. The summed E-state index contributed by atoms with van der Waals surface area (Å²) < 4.78 is 34.7. The number of thiocarbonyl (C=S) groups is 1. The molecule has 0 saturated carbocycles. The number of hydrogen-bond acceptors (Lipinski definition) is 4. The highest BCUT2D eigenvalue weighted by atomic mass is 32.1. The Balaban J connectivity index is 2.27. The molecule has 1 amide bonds.